The number of rotatable bonds is 2. The van der Waals surface area contributed by atoms with Crippen molar-refractivity contribution in [3.8, 4) is 5.75 Å². The summed E-state index contributed by atoms with van der Waals surface area (Å²) in [4.78, 5) is 0. The summed E-state index contributed by atoms with van der Waals surface area (Å²) < 4.78 is 14.1. The number of allylic oxidation sites excluding steroid dienone is 2. The van der Waals surface area contributed by atoms with Gasteiger partial charge in [-0.1, -0.05) is 20.4 Å². The molecule has 3 nitrogen and oxygen atoms in total. The first-order valence-electron chi connectivity index (χ1n) is 6.11. The van der Waals surface area contributed by atoms with Crippen LogP contribution in [0.15, 0.2) is 35.6 Å². The molecule has 4 heteroatoms. The molecule has 1 aromatic carbocycles. The van der Waals surface area contributed by atoms with Crippen molar-refractivity contribution < 1.29 is 9.50 Å². The molecule has 2 rings (SSSR count). The Morgan fingerprint density at radius 2 is 2.05 bits per heavy atom. The van der Waals surface area contributed by atoms with E-state index in [1.807, 2.05) is 13.8 Å². The zero-order valence-electron chi connectivity index (χ0n) is 11.3. The SMILES string of the molecule is C=C1C=C(c2cc(O)c(C(C)C)cc2F)C=NN1C. The van der Waals surface area contributed by atoms with E-state index in [0.717, 1.165) is 0 Å². The van der Waals surface area contributed by atoms with Gasteiger partial charge in [0.15, 0.2) is 0 Å². The molecular weight excluding hydrogens is 243 g/mol. The van der Waals surface area contributed by atoms with Gasteiger partial charge >= 0.3 is 0 Å². The maximum absolute atomic E-state index is 14.1. The van der Waals surface area contributed by atoms with Gasteiger partial charge in [-0.2, -0.15) is 5.10 Å². The topological polar surface area (TPSA) is 35.8 Å². The van der Waals surface area contributed by atoms with Crippen molar-refractivity contribution >= 4 is 11.8 Å². The van der Waals surface area contributed by atoms with Crippen LogP contribution in [0.2, 0.25) is 0 Å². The van der Waals surface area contributed by atoms with Crippen molar-refractivity contribution in [1.82, 2.24) is 5.01 Å². The highest BCUT2D eigenvalue weighted by molar-refractivity contribution is 6.11. The first kappa shape index (κ1) is 13.3. The van der Waals surface area contributed by atoms with Crippen LogP contribution in [0.5, 0.6) is 5.75 Å². The van der Waals surface area contributed by atoms with Crippen LogP contribution in [0.25, 0.3) is 5.57 Å². The number of benzene rings is 1. The van der Waals surface area contributed by atoms with Crippen molar-refractivity contribution in [1.29, 1.82) is 0 Å². The standard InChI is InChI=1S/C15H17FN2O/c1-9(2)12-6-14(16)13(7-15(12)19)11-5-10(3)18(4)17-8-11/h5-9,19H,3H2,1-2,4H3. The highest BCUT2D eigenvalue weighted by atomic mass is 19.1. The lowest BCUT2D eigenvalue weighted by Crippen LogP contribution is -2.13. The van der Waals surface area contributed by atoms with E-state index in [1.54, 1.807) is 24.3 Å². The molecule has 0 atom stereocenters. The number of likely N-dealkylation sites (N-methyl/N-ethyl adjacent to an activating group) is 1. The molecular formula is C15H17FN2O. The fraction of sp³-hybridized carbons (Fsp3) is 0.267. The lowest BCUT2D eigenvalue weighted by Gasteiger charge is -2.19. The summed E-state index contributed by atoms with van der Waals surface area (Å²) in [5, 5.41) is 15.7. The van der Waals surface area contributed by atoms with Crippen LogP contribution >= 0.6 is 0 Å². The van der Waals surface area contributed by atoms with Crippen molar-refractivity contribution in [2.45, 2.75) is 19.8 Å². The largest absolute Gasteiger partial charge is 0.508 e. The zero-order valence-corrected chi connectivity index (χ0v) is 11.3. The number of phenols is 1. The second kappa shape index (κ2) is 4.88. The van der Waals surface area contributed by atoms with Gasteiger partial charge in [-0.15, -0.1) is 0 Å². The molecule has 100 valence electrons. The smallest absolute Gasteiger partial charge is 0.131 e. The molecule has 1 N–H and O–H groups in total. The fourth-order valence-electron chi connectivity index (χ4n) is 1.94. The molecule has 0 unspecified atom stereocenters. The number of hydrogen-bond donors (Lipinski definition) is 1. The van der Waals surface area contributed by atoms with Gasteiger partial charge in [0.1, 0.15) is 11.6 Å². The van der Waals surface area contributed by atoms with Gasteiger partial charge in [-0.3, -0.25) is 5.01 Å². The van der Waals surface area contributed by atoms with Gasteiger partial charge in [0, 0.05) is 18.2 Å². The number of phenolic OH excluding ortho intramolecular Hbond substituents is 1. The van der Waals surface area contributed by atoms with Crippen LogP contribution in [0.3, 0.4) is 0 Å². The Bertz CT molecular complexity index is 588. The molecule has 0 aromatic heterocycles. The summed E-state index contributed by atoms with van der Waals surface area (Å²) >= 11 is 0. The Hall–Kier alpha value is -2.10. The summed E-state index contributed by atoms with van der Waals surface area (Å²) in [6.07, 6.45) is 3.29. The molecule has 1 heterocycles. The van der Waals surface area contributed by atoms with Gasteiger partial charge in [0.25, 0.3) is 0 Å². The molecule has 0 radical (unpaired) electrons. The second-order valence-electron chi connectivity index (χ2n) is 4.90. The minimum atomic E-state index is -0.364. The summed E-state index contributed by atoms with van der Waals surface area (Å²) in [6.45, 7) is 7.64. The normalized spacial score (nSPS) is 15.1. The van der Waals surface area contributed by atoms with Crippen molar-refractivity contribution in [3.05, 3.63) is 47.4 Å². The van der Waals surface area contributed by atoms with E-state index >= 15 is 0 Å². The third-order valence-corrected chi connectivity index (χ3v) is 3.16. The van der Waals surface area contributed by atoms with Crippen molar-refractivity contribution in [3.63, 3.8) is 0 Å². The Morgan fingerprint density at radius 3 is 2.63 bits per heavy atom. The lowest BCUT2D eigenvalue weighted by molar-refractivity contribution is 0.460. The van der Waals surface area contributed by atoms with Crippen LogP contribution in [0.1, 0.15) is 30.9 Å². The monoisotopic (exact) mass is 260 g/mol. The van der Waals surface area contributed by atoms with Gasteiger partial charge in [0.05, 0.1) is 11.9 Å². The van der Waals surface area contributed by atoms with Crippen molar-refractivity contribution in [2.24, 2.45) is 5.10 Å². The summed E-state index contributed by atoms with van der Waals surface area (Å²) in [7, 11) is 1.77. The minimum Gasteiger partial charge on any atom is -0.508 e. The maximum Gasteiger partial charge on any atom is 0.131 e. The van der Waals surface area contributed by atoms with E-state index in [1.165, 1.54) is 12.1 Å². The lowest BCUT2D eigenvalue weighted by atomic mass is 9.96. The average Bonchev–Trinajstić information content (AvgIpc) is 2.35. The third-order valence-electron chi connectivity index (χ3n) is 3.16. The van der Waals surface area contributed by atoms with E-state index in [4.69, 9.17) is 0 Å². The van der Waals surface area contributed by atoms with Gasteiger partial charge in [0.2, 0.25) is 0 Å². The molecule has 0 aliphatic carbocycles. The second-order valence-corrected chi connectivity index (χ2v) is 4.90. The van der Waals surface area contributed by atoms with E-state index < -0.39 is 0 Å². The number of hydrogen-bond acceptors (Lipinski definition) is 3. The third kappa shape index (κ3) is 2.52. The molecule has 1 aliphatic heterocycles. The molecule has 0 saturated heterocycles. The molecule has 0 bridgehead atoms. The van der Waals surface area contributed by atoms with Crippen LogP contribution in [-0.4, -0.2) is 23.4 Å². The summed E-state index contributed by atoms with van der Waals surface area (Å²) in [5.74, 6) is -0.194. The first-order valence-corrected chi connectivity index (χ1v) is 6.11. The number of aromatic hydroxyl groups is 1. The number of nitrogens with zero attached hydrogens (tertiary/aromatic N) is 2. The number of hydrazone groups is 1. The Kier molecular flexibility index (Phi) is 3.42. The molecule has 1 aromatic rings. The van der Waals surface area contributed by atoms with E-state index in [9.17, 15) is 9.50 Å². The van der Waals surface area contributed by atoms with E-state index in [0.29, 0.717) is 22.4 Å². The van der Waals surface area contributed by atoms with E-state index in [2.05, 4.69) is 11.7 Å². The molecule has 0 fully saturated rings. The highest BCUT2D eigenvalue weighted by Crippen LogP contribution is 2.32. The minimum absolute atomic E-state index is 0.0682. The van der Waals surface area contributed by atoms with Crippen LogP contribution in [-0.2, 0) is 0 Å². The molecule has 1 aliphatic rings. The van der Waals surface area contributed by atoms with Crippen molar-refractivity contribution in [2.75, 3.05) is 7.05 Å². The molecule has 19 heavy (non-hydrogen) atoms. The fourth-order valence-corrected chi connectivity index (χ4v) is 1.94. The zero-order chi connectivity index (χ0) is 14.2. The Balaban J connectivity index is 2.48. The summed E-state index contributed by atoms with van der Waals surface area (Å²) in [6, 6.07) is 2.83. The van der Waals surface area contributed by atoms with E-state index in [-0.39, 0.29) is 17.5 Å². The Labute approximate surface area is 112 Å². The van der Waals surface area contributed by atoms with Crippen LogP contribution < -0.4 is 0 Å². The predicted molar refractivity (Wildman–Crippen MR) is 75.5 cm³/mol. The first-order chi connectivity index (χ1) is 8.90. The van der Waals surface area contributed by atoms with Crippen LogP contribution in [0, 0.1) is 5.82 Å². The quantitative estimate of drug-likeness (QED) is 0.883. The van der Waals surface area contributed by atoms with Gasteiger partial charge in [-0.25, -0.2) is 4.39 Å². The number of halogens is 1. The molecule has 0 saturated carbocycles. The molecule has 0 amide bonds. The van der Waals surface area contributed by atoms with Crippen LogP contribution in [0.4, 0.5) is 4.39 Å². The predicted octanol–water partition coefficient (Wildman–Crippen LogP) is 3.48. The maximum atomic E-state index is 14.1. The Morgan fingerprint density at radius 1 is 1.37 bits per heavy atom. The summed E-state index contributed by atoms with van der Waals surface area (Å²) in [5.41, 5.74) is 2.21. The van der Waals surface area contributed by atoms with Gasteiger partial charge in [-0.05, 0) is 29.7 Å². The molecule has 0 spiro atoms. The highest BCUT2D eigenvalue weighted by Gasteiger charge is 2.16. The average molecular weight is 260 g/mol. The van der Waals surface area contributed by atoms with Gasteiger partial charge < -0.3 is 5.11 Å².